The summed E-state index contributed by atoms with van der Waals surface area (Å²) in [6.45, 7) is 0. The van der Waals surface area contributed by atoms with E-state index in [1.807, 2.05) is 0 Å². The maximum absolute atomic E-state index is 11.0. The van der Waals surface area contributed by atoms with Gasteiger partial charge in [-0.25, -0.2) is 0 Å². The van der Waals surface area contributed by atoms with Crippen LogP contribution in [0.1, 0.15) is 74.3 Å². The average molecular weight is 869 g/mol. The summed E-state index contributed by atoms with van der Waals surface area (Å²) in [5.41, 5.74) is -22.0. The minimum Gasteiger partial charge on any atom is -0.456 e. The van der Waals surface area contributed by atoms with E-state index in [1.54, 1.807) is 0 Å². The lowest BCUT2D eigenvalue weighted by atomic mass is 9.70. The molecule has 65 heavy (non-hydrogen) atoms. The second kappa shape index (κ2) is 13.7. The topological polar surface area (TPSA) is 32.8 Å². The molecule has 304 valence electrons. The van der Waals surface area contributed by atoms with Gasteiger partial charge in [-0.15, -0.1) is 0 Å². The Bertz CT molecular complexity index is 6080. The lowest BCUT2D eigenvalue weighted by Gasteiger charge is -2.33. The third-order valence-corrected chi connectivity index (χ3v) is 11.2. The second-order valence-electron chi connectivity index (χ2n) is 14.3. The average Bonchev–Trinajstić information content (AvgIpc) is 1.47. The van der Waals surface area contributed by atoms with Crippen LogP contribution in [0.25, 0.3) is 66.1 Å². The number of anilines is 6. The molecule has 2 aliphatic rings. The number of fused-ring (bicyclic) bond motifs is 16. The van der Waals surface area contributed by atoms with Gasteiger partial charge in [-0.2, -0.15) is 0 Å². The van der Waals surface area contributed by atoms with Crippen LogP contribution in [0.4, 0.5) is 34.1 Å². The van der Waals surface area contributed by atoms with Crippen LogP contribution in [0, 0.1) is 0 Å². The molecule has 1 unspecified atom stereocenters. The van der Waals surface area contributed by atoms with Gasteiger partial charge < -0.3 is 18.6 Å². The third kappa shape index (κ3) is 4.96. The lowest BCUT2D eigenvalue weighted by Crippen LogP contribution is -2.26. The van der Waals surface area contributed by atoms with Crippen molar-refractivity contribution in [1.82, 2.24) is 0 Å². The molecule has 0 aliphatic heterocycles. The van der Waals surface area contributed by atoms with Crippen LogP contribution in [-0.2, 0) is 5.41 Å². The van der Waals surface area contributed by atoms with Crippen molar-refractivity contribution in [3.63, 3.8) is 0 Å². The molecule has 1 atom stereocenters. The number of rotatable bonds is 6. The zero-order chi connectivity index (χ0) is 75.7. The maximum Gasteiger partial charge on any atom is 0.137 e. The van der Waals surface area contributed by atoms with E-state index in [9.17, 15) is 34.3 Å². The Labute approximate surface area is 428 Å². The molecule has 0 bridgehead atoms. The molecule has 0 radical (unpaired) electrons. The summed E-state index contributed by atoms with van der Waals surface area (Å²) >= 11 is 0. The number of benzene rings is 10. The van der Waals surface area contributed by atoms with Crippen molar-refractivity contribution >= 4 is 78.0 Å². The predicted molar refractivity (Wildman–Crippen MR) is 267 cm³/mol. The van der Waals surface area contributed by atoms with Gasteiger partial charge in [0, 0.05) is 33.4 Å². The molecular weight excluding hydrogens is 793 g/mol. The van der Waals surface area contributed by atoms with Gasteiger partial charge in [-0.3, -0.25) is 0 Å². The normalized spacial score (nSPS) is 22.7. The second-order valence-corrected chi connectivity index (χ2v) is 14.3. The van der Waals surface area contributed by atoms with Gasteiger partial charge in [-0.05, 0) is 117 Å². The van der Waals surface area contributed by atoms with Gasteiger partial charge in [0.05, 0.1) is 85.3 Å². The van der Waals surface area contributed by atoms with Crippen molar-refractivity contribution in [1.29, 1.82) is 0 Å². The fraction of sp³-hybridized carbons (Fsp3) is 0.0164. The smallest absolute Gasteiger partial charge is 0.137 e. The summed E-state index contributed by atoms with van der Waals surface area (Å²) in [6, 6.07) is -44.7. The van der Waals surface area contributed by atoms with Crippen molar-refractivity contribution in [3.8, 4) is 22.3 Å². The summed E-state index contributed by atoms with van der Waals surface area (Å²) in [5, 5.41) is -3.07. The Balaban J connectivity index is 1.29. The first-order valence-electron chi connectivity index (χ1n) is 38.2. The molecular formula is C61H38N2O2. The van der Waals surface area contributed by atoms with Gasteiger partial charge in [0.2, 0.25) is 0 Å². The number of nitrogens with zero attached hydrogens (tertiary/aromatic N) is 2. The highest BCUT2D eigenvalue weighted by Crippen LogP contribution is 2.65. The molecule has 0 N–H and O–H groups in total. The van der Waals surface area contributed by atoms with Gasteiger partial charge in [-0.1, -0.05) is 151 Å². The van der Waals surface area contributed by atoms with Crippen LogP contribution in [0.2, 0.25) is 0 Å². The van der Waals surface area contributed by atoms with Crippen molar-refractivity contribution in [3.05, 3.63) is 252 Å². The number of furan rings is 2. The molecule has 4 heteroatoms. The molecule has 2 heterocycles. The minimum atomic E-state index is -3.46. The van der Waals surface area contributed by atoms with Crippen molar-refractivity contribution in [2.45, 2.75) is 5.41 Å². The molecule has 2 aliphatic carbocycles. The number of hydrogen-bond donors (Lipinski definition) is 0. The highest BCUT2D eigenvalue weighted by Gasteiger charge is 2.52. The lowest BCUT2D eigenvalue weighted by molar-refractivity contribution is 0.668. The van der Waals surface area contributed by atoms with Crippen LogP contribution in [0.15, 0.2) is 238 Å². The van der Waals surface area contributed by atoms with Crippen LogP contribution in [-0.4, -0.2) is 0 Å². The van der Waals surface area contributed by atoms with Crippen LogP contribution >= 0.6 is 0 Å². The summed E-state index contributed by atoms with van der Waals surface area (Å²) in [6.07, 6.45) is 0. The fourth-order valence-electron chi connectivity index (χ4n) is 8.78. The van der Waals surface area contributed by atoms with E-state index in [1.165, 1.54) is 0 Å². The molecule has 4 nitrogen and oxygen atoms in total. The fourth-order valence-corrected chi connectivity index (χ4v) is 8.78. The highest BCUT2D eigenvalue weighted by molar-refractivity contribution is 6.15. The molecule has 10 aromatic carbocycles. The monoisotopic (exact) mass is 869 g/mol. The van der Waals surface area contributed by atoms with Crippen molar-refractivity contribution in [2.75, 3.05) is 9.80 Å². The standard InChI is InChI=1S/C61H38N2O2/c1-3-18-39(19-4-1)62(52-30-16-34-56-59(52)45-24-9-13-32-54(45)64-56)41-36-37-43-42-22-7-11-26-47(42)61(50(43)38-41)48-27-12-8-23-44(48)58-49(61)28-15-29-51(58)63(40-20-5-2-6-21-40)53-31-17-35-57-60(53)46-25-10-14-33-55(46)65-57/h1-38H/i1D,2D,3D,4D,5D,6D,7D,8D,9D,10D,11D,12D,13D,14D,15D,16D,17D,18D,19D,20D,21D,22D,23D,24D,25D,26D,27D,28D,29D,30D,31D,32D,33D,34D,35D,36D,37D,38D. The molecule has 0 saturated carbocycles. The van der Waals surface area contributed by atoms with E-state index in [2.05, 4.69) is 0 Å². The molecule has 0 amide bonds. The predicted octanol–water partition coefficient (Wildman–Crippen LogP) is 16.8. The van der Waals surface area contributed by atoms with Gasteiger partial charge in [0.1, 0.15) is 22.3 Å². The zero-order valence-electron chi connectivity index (χ0n) is 70.2. The van der Waals surface area contributed by atoms with Gasteiger partial charge >= 0.3 is 0 Å². The first kappa shape index (κ1) is 15.0. The third-order valence-electron chi connectivity index (χ3n) is 11.2. The Kier molecular flexibility index (Phi) is 3.16. The summed E-state index contributed by atoms with van der Waals surface area (Å²) < 4.78 is 371. The van der Waals surface area contributed by atoms with Crippen molar-refractivity contribution < 1.29 is 60.9 Å². The number of para-hydroxylation sites is 4. The van der Waals surface area contributed by atoms with E-state index in [0.29, 0.717) is 9.80 Å². The van der Waals surface area contributed by atoms with Crippen LogP contribution < -0.4 is 9.80 Å². The molecule has 12 aromatic rings. The molecule has 0 fully saturated rings. The van der Waals surface area contributed by atoms with E-state index in [4.69, 9.17) is 26.7 Å². The molecule has 2 aromatic heterocycles. The van der Waals surface area contributed by atoms with Crippen molar-refractivity contribution in [2.24, 2.45) is 0 Å². The summed E-state index contributed by atoms with van der Waals surface area (Å²) in [7, 11) is 0. The van der Waals surface area contributed by atoms with E-state index < -0.39 is 358 Å². The largest absolute Gasteiger partial charge is 0.456 e. The first-order chi connectivity index (χ1) is 48.1. The number of hydrogen-bond acceptors (Lipinski definition) is 4. The Morgan fingerprint density at radius 3 is 1.45 bits per heavy atom. The summed E-state index contributed by atoms with van der Waals surface area (Å²) in [5.74, 6) is 0. The Hall–Kier alpha value is -8.60. The Morgan fingerprint density at radius 1 is 0.323 bits per heavy atom. The van der Waals surface area contributed by atoms with E-state index in [-0.39, 0.29) is 0 Å². The van der Waals surface area contributed by atoms with Crippen LogP contribution in [0.5, 0.6) is 0 Å². The van der Waals surface area contributed by atoms with E-state index in [0.717, 1.165) is 0 Å². The minimum absolute atomic E-state index is 0.361. The summed E-state index contributed by atoms with van der Waals surface area (Å²) in [4.78, 5) is 0.772. The first-order valence-corrected chi connectivity index (χ1v) is 19.2. The SMILES string of the molecule is [2H]c1c([2H])c([2H])c(N(c2c([2H])c([2H])c3c(c2[2H])C2(c4c([2H])c([2H])c([2H])c([2H])c4-3)c3c([2H])c([2H])c([2H])c([2H])c3-c3c(N(c4c([2H])c([2H])c([2H])c([2H])c4[2H])c4c([2H])c([2H])c([2H])c5oc6c([2H])c([2H])c([2H])c([2H])c6c45)c([2H])c([2H])c([2H])c32)c2c([2H])c([2H])c([2H])c3oc4c([2H])c([2H])c([2H])c([2H])c4c23)c([2H])c1[2H]. The van der Waals surface area contributed by atoms with Crippen LogP contribution in [0.3, 0.4) is 0 Å². The molecule has 0 saturated heterocycles. The van der Waals surface area contributed by atoms with E-state index >= 15 is 0 Å². The molecule has 1 spiro atoms. The van der Waals surface area contributed by atoms with Gasteiger partial charge in [0.15, 0.2) is 0 Å². The van der Waals surface area contributed by atoms with Gasteiger partial charge in [0.25, 0.3) is 0 Å². The quantitative estimate of drug-likeness (QED) is 0.167. The highest BCUT2D eigenvalue weighted by atomic mass is 16.3. The molecule has 14 rings (SSSR count). The zero-order valence-corrected chi connectivity index (χ0v) is 32.2. The maximum atomic E-state index is 11.0. The Morgan fingerprint density at radius 2 is 0.785 bits per heavy atom.